The lowest BCUT2D eigenvalue weighted by molar-refractivity contribution is 0.141. The van der Waals surface area contributed by atoms with E-state index >= 15 is 0 Å². The van der Waals surface area contributed by atoms with Crippen molar-refractivity contribution in [3.05, 3.63) is 12.2 Å². The number of β-amino-alcohol motifs (C(OH)–C–C–N with tert-alkyl or cyclic N) is 1. The molecule has 0 aromatic rings. The number of hydrogen-bond donors (Lipinski definition) is 1. The van der Waals surface area contributed by atoms with Crippen LogP contribution in [-0.4, -0.2) is 35.7 Å². The lowest BCUT2D eigenvalue weighted by Gasteiger charge is -2.25. The highest BCUT2D eigenvalue weighted by molar-refractivity contribution is 4.98. The standard InChI is InChI=1S/C9H15NO.C2H6/c11-9-2-1-5-10(7-9)6-8-3-4-8;1-2/h1-2,8-9,11H,3-7H2;1-2H3. The first-order chi connectivity index (χ1) is 6.34. The van der Waals surface area contributed by atoms with Gasteiger partial charge in [0.2, 0.25) is 0 Å². The average Bonchev–Trinajstić information content (AvgIpc) is 2.92. The van der Waals surface area contributed by atoms with E-state index < -0.39 is 0 Å². The zero-order chi connectivity index (χ0) is 9.68. The van der Waals surface area contributed by atoms with Gasteiger partial charge in [-0.3, -0.25) is 4.90 Å². The van der Waals surface area contributed by atoms with E-state index in [1.165, 1.54) is 19.4 Å². The Morgan fingerprint density at radius 3 is 2.62 bits per heavy atom. The summed E-state index contributed by atoms with van der Waals surface area (Å²) in [6.07, 6.45) is 6.54. The second-order valence-electron chi connectivity index (χ2n) is 3.66. The number of hydrogen-bond acceptors (Lipinski definition) is 2. The quantitative estimate of drug-likeness (QED) is 0.658. The predicted octanol–water partition coefficient (Wildman–Crippen LogP) is 1.66. The number of aliphatic hydroxyl groups excluding tert-OH is 1. The second-order valence-corrected chi connectivity index (χ2v) is 3.66. The molecular weight excluding hydrogens is 162 g/mol. The van der Waals surface area contributed by atoms with Crippen molar-refractivity contribution in [2.45, 2.75) is 32.8 Å². The van der Waals surface area contributed by atoms with Gasteiger partial charge in [-0.1, -0.05) is 26.0 Å². The van der Waals surface area contributed by atoms with E-state index in [0.29, 0.717) is 0 Å². The van der Waals surface area contributed by atoms with Crippen molar-refractivity contribution < 1.29 is 5.11 Å². The van der Waals surface area contributed by atoms with Crippen molar-refractivity contribution in [3.8, 4) is 0 Å². The maximum atomic E-state index is 9.28. The molecule has 2 rings (SSSR count). The minimum absolute atomic E-state index is 0.220. The van der Waals surface area contributed by atoms with Crippen LogP contribution in [0, 0.1) is 5.92 Å². The number of aliphatic hydroxyl groups is 1. The monoisotopic (exact) mass is 183 g/mol. The Morgan fingerprint density at radius 2 is 2.08 bits per heavy atom. The van der Waals surface area contributed by atoms with Crippen molar-refractivity contribution in [2.24, 2.45) is 5.92 Å². The molecule has 0 bridgehead atoms. The van der Waals surface area contributed by atoms with Gasteiger partial charge in [0.25, 0.3) is 0 Å². The van der Waals surface area contributed by atoms with E-state index in [1.807, 2.05) is 19.9 Å². The normalized spacial score (nSPS) is 28.1. The third-order valence-corrected chi connectivity index (χ3v) is 2.38. The Morgan fingerprint density at radius 1 is 1.38 bits per heavy atom. The van der Waals surface area contributed by atoms with Gasteiger partial charge < -0.3 is 5.11 Å². The van der Waals surface area contributed by atoms with Crippen molar-refractivity contribution >= 4 is 0 Å². The molecule has 1 heterocycles. The molecule has 0 saturated heterocycles. The van der Waals surface area contributed by atoms with Gasteiger partial charge in [-0.15, -0.1) is 0 Å². The first kappa shape index (κ1) is 10.7. The lowest BCUT2D eigenvalue weighted by Crippen LogP contribution is -2.36. The maximum Gasteiger partial charge on any atom is 0.0848 e. The highest BCUT2D eigenvalue weighted by Gasteiger charge is 2.25. The highest BCUT2D eigenvalue weighted by atomic mass is 16.3. The highest BCUT2D eigenvalue weighted by Crippen LogP contribution is 2.29. The zero-order valence-corrected chi connectivity index (χ0v) is 8.74. The molecule has 1 aliphatic carbocycles. The molecule has 0 amide bonds. The van der Waals surface area contributed by atoms with Gasteiger partial charge in [-0.05, 0) is 18.8 Å². The van der Waals surface area contributed by atoms with E-state index in [4.69, 9.17) is 0 Å². The summed E-state index contributed by atoms with van der Waals surface area (Å²) in [5.41, 5.74) is 0. The predicted molar refractivity (Wildman–Crippen MR) is 55.7 cm³/mol. The zero-order valence-electron chi connectivity index (χ0n) is 8.74. The fourth-order valence-electron chi connectivity index (χ4n) is 1.58. The Labute approximate surface area is 81.2 Å². The first-order valence-electron chi connectivity index (χ1n) is 5.41. The summed E-state index contributed by atoms with van der Waals surface area (Å²) in [4.78, 5) is 2.34. The van der Waals surface area contributed by atoms with Crippen LogP contribution in [0.1, 0.15) is 26.7 Å². The van der Waals surface area contributed by atoms with E-state index in [0.717, 1.165) is 19.0 Å². The van der Waals surface area contributed by atoms with Crippen LogP contribution in [0.4, 0.5) is 0 Å². The van der Waals surface area contributed by atoms with Crippen LogP contribution in [-0.2, 0) is 0 Å². The Kier molecular flexibility index (Phi) is 4.46. The summed E-state index contributed by atoms with van der Waals surface area (Å²) in [7, 11) is 0. The van der Waals surface area contributed by atoms with Crippen LogP contribution < -0.4 is 0 Å². The van der Waals surface area contributed by atoms with Gasteiger partial charge in [0.15, 0.2) is 0 Å². The van der Waals surface area contributed by atoms with Gasteiger partial charge in [0.1, 0.15) is 0 Å². The SMILES string of the molecule is CC.OC1C=CCN(CC2CC2)C1. The molecule has 1 aliphatic heterocycles. The molecular formula is C11H21NO. The molecule has 1 unspecified atom stereocenters. The molecule has 1 saturated carbocycles. The van der Waals surface area contributed by atoms with Gasteiger partial charge in [-0.25, -0.2) is 0 Å². The molecule has 2 heteroatoms. The molecule has 2 nitrogen and oxygen atoms in total. The van der Waals surface area contributed by atoms with Crippen LogP contribution in [0.5, 0.6) is 0 Å². The third kappa shape index (κ3) is 3.92. The molecule has 1 atom stereocenters. The Balaban J connectivity index is 0.000000396. The molecule has 1 fully saturated rings. The van der Waals surface area contributed by atoms with Crippen molar-refractivity contribution in [3.63, 3.8) is 0 Å². The van der Waals surface area contributed by atoms with Gasteiger partial charge in [0, 0.05) is 19.6 Å². The van der Waals surface area contributed by atoms with Gasteiger partial charge in [0.05, 0.1) is 6.10 Å². The van der Waals surface area contributed by atoms with Gasteiger partial charge >= 0.3 is 0 Å². The van der Waals surface area contributed by atoms with E-state index in [1.54, 1.807) is 0 Å². The van der Waals surface area contributed by atoms with Crippen LogP contribution in [0.15, 0.2) is 12.2 Å². The molecule has 0 radical (unpaired) electrons. The molecule has 0 aromatic heterocycles. The molecule has 13 heavy (non-hydrogen) atoms. The molecule has 2 aliphatic rings. The smallest absolute Gasteiger partial charge is 0.0848 e. The number of rotatable bonds is 2. The topological polar surface area (TPSA) is 23.5 Å². The summed E-state index contributed by atoms with van der Waals surface area (Å²) in [6.45, 7) is 7.07. The third-order valence-electron chi connectivity index (χ3n) is 2.38. The van der Waals surface area contributed by atoms with Crippen molar-refractivity contribution in [1.29, 1.82) is 0 Å². The fraction of sp³-hybridized carbons (Fsp3) is 0.818. The summed E-state index contributed by atoms with van der Waals surface area (Å²) in [5.74, 6) is 0.939. The second kappa shape index (κ2) is 5.40. The lowest BCUT2D eigenvalue weighted by atomic mass is 10.2. The molecule has 76 valence electrons. The van der Waals surface area contributed by atoms with Crippen molar-refractivity contribution in [2.75, 3.05) is 19.6 Å². The van der Waals surface area contributed by atoms with Crippen molar-refractivity contribution in [1.82, 2.24) is 4.90 Å². The summed E-state index contributed by atoms with van der Waals surface area (Å²) >= 11 is 0. The van der Waals surface area contributed by atoms with Crippen LogP contribution >= 0.6 is 0 Å². The van der Waals surface area contributed by atoms with Gasteiger partial charge in [-0.2, -0.15) is 0 Å². The molecule has 0 aromatic carbocycles. The Bertz CT molecular complexity index is 163. The minimum atomic E-state index is -0.220. The maximum absolute atomic E-state index is 9.28. The van der Waals surface area contributed by atoms with Crippen LogP contribution in [0.2, 0.25) is 0 Å². The fourth-order valence-corrected chi connectivity index (χ4v) is 1.58. The summed E-state index contributed by atoms with van der Waals surface area (Å²) in [6, 6.07) is 0. The summed E-state index contributed by atoms with van der Waals surface area (Å²) < 4.78 is 0. The Hall–Kier alpha value is -0.340. The van der Waals surface area contributed by atoms with E-state index in [-0.39, 0.29) is 6.10 Å². The molecule has 1 N–H and O–H groups in total. The van der Waals surface area contributed by atoms with Crippen LogP contribution in [0.25, 0.3) is 0 Å². The number of nitrogens with zero attached hydrogens (tertiary/aromatic N) is 1. The minimum Gasteiger partial charge on any atom is -0.388 e. The van der Waals surface area contributed by atoms with E-state index in [9.17, 15) is 5.11 Å². The van der Waals surface area contributed by atoms with Crippen LogP contribution in [0.3, 0.4) is 0 Å². The van der Waals surface area contributed by atoms with E-state index in [2.05, 4.69) is 11.0 Å². The average molecular weight is 183 g/mol. The summed E-state index contributed by atoms with van der Waals surface area (Å²) in [5, 5.41) is 9.28. The largest absolute Gasteiger partial charge is 0.388 e. The first-order valence-corrected chi connectivity index (χ1v) is 5.41. The molecule has 0 spiro atoms.